The van der Waals surface area contributed by atoms with Crippen LogP contribution in [0, 0.1) is 4.77 Å². The average molecular weight is 188 g/mol. The fourth-order valence-electron chi connectivity index (χ4n) is 0.878. The first-order valence-electron chi connectivity index (χ1n) is 3.81. The van der Waals surface area contributed by atoms with E-state index < -0.39 is 0 Å². The van der Waals surface area contributed by atoms with Gasteiger partial charge in [-0.2, -0.15) is 5.21 Å². The van der Waals surface area contributed by atoms with Crippen LogP contribution in [0.25, 0.3) is 0 Å². The molecule has 1 rings (SSSR count). The van der Waals surface area contributed by atoms with Gasteiger partial charge in [0.05, 0.1) is 0 Å². The SMILES string of the molecule is COCCCCn1[nH]nnc1=S. The van der Waals surface area contributed by atoms with Crippen LogP contribution in [-0.2, 0) is 11.3 Å². The zero-order chi connectivity index (χ0) is 8.81. The molecule has 0 aliphatic carbocycles. The highest BCUT2D eigenvalue weighted by atomic mass is 32.1. The Kier molecular flexibility index (Phi) is 3.89. The molecule has 0 saturated heterocycles. The van der Waals surface area contributed by atoms with Crippen molar-refractivity contribution in [1.82, 2.24) is 20.2 Å². The maximum absolute atomic E-state index is 4.91. The minimum Gasteiger partial charge on any atom is -0.385 e. The number of tetrazole rings is 1. The Morgan fingerprint density at radius 1 is 1.58 bits per heavy atom. The second kappa shape index (κ2) is 5.00. The normalized spacial score (nSPS) is 10.4. The third kappa shape index (κ3) is 2.71. The summed E-state index contributed by atoms with van der Waals surface area (Å²) in [6.45, 7) is 1.62. The predicted octanol–water partition coefficient (Wildman–Crippen LogP) is 0.762. The number of unbranched alkanes of at least 4 members (excludes halogenated alkanes) is 1. The van der Waals surface area contributed by atoms with Crippen molar-refractivity contribution in [1.29, 1.82) is 0 Å². The van der Waals surface area contributed by atoms with E-state index in [0.29, 0.717) is 4.77 Å². The average Bonchev–Trinajstić information content (AvgIpc) is 2.46. The molecule has 0 aliphatic heterocycles. The van der Waals surface area contributed by atoms with Gasteiger partial charge in [-0.3, -0.25) is 0 Å². The molecule has 12 heavy (non-hydrogen) atoms. The van der Waals surface area contributed by atoms with Crippen LogP contribution in [0.15, 0.2) is 0 Å². The van der Waals surface area contributed by atoms with Crippen LogP contribution in [-0.4, -0.2) is 33.9 Å². The Morgan fingerprint density at radius 3 is 3.00 bits per heavy atom. The standard InChI is InChI=1S/C6H12N4OS/c1-11-5-3-2-4-10-6(12)7-8-9-10/h2-5H2,1H3,(H,7,9,12). The Balaban J connectivity index is 2.24. The summed E-state index contributed by atoms with van der Waals surface area (Å²) >= 11 is 4.89. The van der Waals surface area contributed by atoms with Crippen molar-refractivity contribution in [3.05, 3.63) is 4.77 Å². The summed E-state index contributed by atoms with van der Waals surface area (Å²) in [7, 11) is 1.70. The van der Waals surface area contributed by atoms with Crippen LogP contribution in [0.4, 0.5) is 0 Å². The molecule has 6 heteroatoms. The third-order valence-electron chi connectivity index (χ3n) is 1.51. The Morgan fingerprint density at radius 2 is 2.42 bits per heavy atom. The highest BCUT2D eigenvalue weighted by Gasteiger charge is 1.93. The number of H-pyrrole nitrogens is 1. The van der Waals surface area contributed by atoms with E-state index in [1.165, 1.54) is 0 Å². The molecule has 0 aliphatic rings. The molecule has 5 nitrogen and oxygen atoms in total. The molecular weight excluding hydrogens is 176 g/mol. The molecule has 0 bridgehead atoms. The van der Waals surface area contributed by atoms with E-state index in [2.05, 4.69) is 15.5 Å². The van der Waals surface area contributed by atoms with Gasteiger partial charge in [-0.15, -0.1) is 0 Å². The van der Waals surface area contributed by atoms with E-state index in [1.54, 1.807) is 11.8 Å². The Hall–Kier alpha value is -0.750. The lowest BCUT2D eigenvalue weighted by Crippen LogP contribution is -2.01. The van der Waals surface area contributed by atoms with E-state index in [9.17, 15) is 0 Å². The molecule has 0 fully saturated rings. The Labute approximate surface area is 75.7 Å². The van der Waals surface area contributed by atoms with Crippen LogP contribution in [0.2, 0.25) is 0 Å². The van der Waals surface area contributed by atoms with Gasteiger partial charge >= 0.3 is 0 Å². The zero-order valence-corrected chi connectivity index (χ0v) is 7.80. The summed E-state index contributed by atoms with van der Waals surface area (Å²) in [6.07, 6.45) is 2.04. The van der Waals surface area contributed by atoms with Crippen LogP contribution < -0.4 is 0 Å². The smallest absolute Gasteiger partial charge is 0.238 e. The van der Waals surface area contributed by atoms with Gasteiger partial charge in [0.1, 0.15) is 0 Å². The second-order valence-electron chi connectivity index (χ2n) is 2.43. The number of methoxy groups -OCH3 is 1. The number of hydrogen-bond donors (Lipinski definition) is 1. The largest absolute Gasteiger partial charge is 0.385 e. The highest BCUT2D eigenvalue weighted by molar-refractivity contribution is 7.71. The van der Waals surface area contributed by atoms with Crippen molar-refractivity contribution in [3.63, 3.8) is 0 Å². The van der Waals surface area contributed by atoms with E-state index in [1.807, 2.05) is 0 Å². The predicted molar refractivity (Wildman–Crippen MR) is 46.3 cm³/mol. The topological polar surface area (TPSA) is 55.7 Å². The molecule has 1 N–H and O–H groups in total. The molecule has 0 spiro atoms. The number of aromatic amines is 1. The molecule has 0 saturated carbocycles. The van der Waals surface area contributed by atoms with E-state index >= 15 is 0 Å². The van der Waals surface area contributed by atoms with Crippen LogP contribution in [0.3, 0.4) is 0 Å². The van der Waals surface area contributed by atoms with Gasteiger partial charge in [-0.05, 0) is 25.1 Å². The monoisotopic (exact) mass is 188 g/mol. The van der Waals surface area contributed by atoms with Crippen molar-refractivity contribution in [3.8, 4) is 0 Å². The number of hydrogen-bond acceptors (Lipinski definition) is 4. The molecule has 0 atom stereocenters. The Bertz CT molecular complexity index is 269. The van der Waals surface area contributed by atoms with Crippen LogP contribution in [0.5, 0.6) is 0 Å². The summed E-state index contributed by atoms with van der Waals surface area (Å²) < 4.78 is 7.16. The number of aryl methyl sites for hydroxylation is 1. The van der Waals surface area contributed by atoms with Crippen molar-refractivity contribution in [2.45, 2.75) is 19.4 Å². The maximum atomic E-state index is 4.91. The summed E-state index contributed by atoms with van der Waals surface area (Å²) in [5.41, 5.74) is 0. The van der Waals surface area contributed by atoms with Crippen molar-refractivity contribution in [2.24, 2.45) is 0 Å². The van der Waals surface area contributed by atoms with E-state index in [0.717, 1.165) is 26.0 Å². The number of aromatic nitrogens is 4. The minimum absolute atomic E-state index is 0.507. The van der Waals surface area contributed by atoms with Gasteiger partial charge in [-0.25, -0.2) is 4.68 Å². The first kappa shape index (κ1) is 9.34. The number of nitrogens with zero attached hydrogens (tertiary/aromatic N) is 3. The lowest BCUT2D eigenvalue weighted by Gasteiger charge is -1.99. The van der Waals surface area contributed by atoms with Gasteiger partial charge < -0.3 is 4.74 Å². The quantitative estimate of drug-likeness (QED) is 0.547. The van der Waals surface area contributed by atoms with Gasteiger partial charge in [0.25, 0.3) is 0 Å². The lowest BCUT2D eigenvalue weighted by molar-refractivity contribution is 0.191. The van der Waals surface area contributed by atoms with Crippen molar-refractivity contribution in [2.75, 3.05) is 13.7 Å². The first-order chi connectivity index (χ1) is 5.84. The van der Waals surface area contributed by atoms with Crippen LogP contribution >= 0.6 is 12.2 Å². The molecule has 68 valence electrons. The molecule has 0 unspecified atom stereocenters. The van der Waals surface area contributed by atoms with E-state index in [-0.39, 0.29) is 0 Å². The molecular formula is C6H12N4OS. The lowest BCUT2D eigenvalue weighted by atomic mass is 10.3. The first-order valence-corrected chi connectivity index (χ1v) is 4.22. The minimum atomic E-state index is 0.507. The van der Waals surface area contributed by atoms with Gasteiger partial charge in [0, 0.05) is 20.3 Å². The van der Waals surface area contributed by atoms with Gasteiger partial charge in [0.2, 0.25) is 4.77 Å². The maximum Gasteiger partial charge on any atom is 0.238 e. The highest BCUT2D eigenvalue weighted by Crippen LogP contribution is 1.93. The summed E-state index contributed by atoms with van der Waals surface area (Å²) in [5.74, 6) is 0. The molecule has 1 aromatic heterocycles. The van der Waals surface area contributed by atoms with Crippen molar-refractivity contribution < 1.29 is 4.74 Å². The van der Waals surface area contributed by atoms with Gasteiger partial charge in [-0.1, -0.05) is 10.3 Å². The van der Waals surface area contributed by atoms with Crippen molar-refractivity contribution >= 4 is 12.2 Å². The fraction of sp³-hybridized carbons (Fsp3) is 0.833. The second-order valence-corrected chi connectivity index (χ2v) is 2.80. The summed E-state index contributed by atoms with van der Waals surface area (Å²) in [5, 5.41) is 9.92. The van der Waals surface area contributed by atoms with E-state index in [4.69, 9.17) is 17.0 Å². The number of nitrogens with one attached hydrogen (secondary N) is 1. The zero-order valence-electron chi connectivity index (χ0n) is 6.99. The van der Waals surface area contributed by atoms with Crippen LogP contribution in [0.1, 0.15) is 12.8 Å². The molecule has 0 amide bonds. The summed E-state index contributed by atoms with van der Waals surface area (Å²) in [6, 6.07) is 0. The molecule has 0 aromatic carbocycles. The number of rotatable bonds is 5. The molecule has 1 aromatic rings. The third-order valence-corrected chi connectivity index (χ3v) is 1.81. The summed E-state index contributed by atoms with van der Waals surface area (Å²) in [4.78, 5) is 0. The van der Waals surface area contributed by atoms with Gasteiger partial charge in [0.15, 0.2) is 0 Å². The molecule has 0 radical (unpaired) electrons. The molecule has 1 heterocycles. The number of ether oxygens (including phenoxy) is 1. The fourth-order valence-corrected chi connectivity index (χ4v) is 1.05.